The summed E-state index contributed by atoms with van der Waals surface area (Å²) >= 11 is 0. The Morgan fingerprint density at radius 2 is 1.70 bits per heavy atom. The smallest absolute Gasteiger partial charge is 0.262 e. The Morgan fingerprint density at radius 3 is 2.57 bits per heavy atom. The zero-order valence-corrected chi connectivity index (χ0v) is 26.7. The number of piperazine rings is 1. The van der Waals surface area contributed by atoms with E-state index in [4.69, 9.17) is 14.5 Å². The van der Waals surface area contributed by atoms with Crippen molar-refractivity contribution in [3.63, 3.8) is 0 Å². The zero-order valence-electron chi connectivity index (χ0n) is 26.7. The molecule has 1 saturated heterocycles. The fraction of sp³-hybridized carbons (Fsp3) is 0.306. The van der Waals surface area contributed by atoms with Crippen molar-refractivity contribution < 1.29 is 9.47 Å². The van der Waals surface area contributed by atoms with Crippen LogP contribution in [0.3, 0.4) is 0 Å². The number of benzene rings is 3. The van der Waals surface area contributed by atoms with Gasteiger partial charge in [-0.25, -0.2) is 4.98 Å². The standard InChI is InChI=1S/C36H38N8O3/c1-41-17-19-42(20-18-41)15-6-16-43-34-14-13-30(46-2)22-28(34)23-32(36(43)45)35-38-40-44(39-35)24-26-7-5-9-31(21-26)47-25-29-12-11-27-8-3-4-10-33(27)37-29/h3-5,7-14,21-23H,6,15-20,24-25H2,1-2H3. The number of tetrazole rings is 1. The molecule has 11 heteroatoms. The van der Waals surface area contributed by atoms with Gasteiger partial charge >= 0.3 is 0 Å². The maximum Gasteiger partial charge on any atom is 0.262 e. The minimum Gasteiger partial charge on any atom is -0.497 e. The summed E-state index contributed by atoms with van der Waals surface area (Å²) in [5.41, 5.74) is 3.89. The first-order valence-corrected chi connectivity index (χ1v) is 16.0. The van der Waals surface area contributed by atoms with Gasteiger partial charge in [-0.05, 0) is 79.3 Å². The fourth-order valence-corrected chi connectivity index (χ4v) is 6.06. The minimum atomic E-state index is -0.127. The highest BCUT2D eigenvalue weighted by Crippen LogP contribution is 2.24. The number of hydrogen-bond acceptors (Lipinski definition) is 9. The van der Waals surface area contributed by atoms with Crippen molar-refractivity contribution >= 4 is 21.8 Å². The number of aromatic nitrogens is 6. The predicted molar refractivity (Wildman–Crippen MR) is 182 cm³/mol. The summed E-state index contributed by atoms with van der Waals surface area (Å²) in [4.78, 5) is 24.9. The first kappa shape index (κ1) is 30.5. The monoisotopic (exact) mass is 630 g/mol. The molecule has 0 spiro atoms. The summed E-state index contributed by atoms with van der Waals surface area (Å²) in [5.74, 6) is 1.74. The van der Waals surface area contributed by atoms with Crippen molar-refractivity contribution in [2.45, 2.75) is 26.1 Å². The van der Waals surface area contributed by atoms with Gasteiger partial charge in [-0.1, -0.05) is 36.4 Å². The van der Waals surface area contributed by atoms with E-state index in [1.807, 2.05) is 83.4 Å². The molecule has 1 fully saturated rings. The lowest BCUT2D eigenvalue weighted by molar-refractivity contribution is 0.151. The van der Waals surface area contributed by atoms with E-state index in [-0.39, 0.29) is 5.56 Å². The Balaban J connectivity index is 1.08. The molecule has 240 valence electrons. The largest absolute Gasteiger partial charge is 0.497 e. The van der Waals surface area contributed by atoms with Gasteiger partial charge in [-0.3, -0.25) is 4.79 Å². The van der Waals surface area contributed by atoms with Crippen LogP contribution < -0.4 is 15.0 Å². The molecule has 0 bridgehead atoms. The third-order valence-electron chi connectivity index (χ3n) is 8.71. The van der Waals surface area contributed by atoms with Gasteiger partial charge in [0.1, 0.15) is 18.1 Å². The second kappa shape index (κ2) is 13.7. The molecular weight excluding hydrogens is 592 g/mol. The molecule has 3 aromatic heterocycles. The van der Waals surface area contributed by atoms with Gasteiger partial charge in [-0.15, -0.1) is 10.2 Å². The second-order valence-corrected chi connectivity index (χ2v) is 12.0. The van der Waals surface area contributed by atoms with Crippen molar-refractivity contribution in [1.29, 1.82) is 0 Å². The summed E-state index contributed by atoms with van der Waals surface area (Å²) in [7, 11) is 3.80. The van der Waals surface area contributed by atoms with E-state index in [9.17, 15) is 4.79 Å². The number of hydrogen-bond donors (Lipinski definition) is 0. The van der Waals surface area contributed by atoms with E-state index in [1.165, 1.54) is 4.80 Å². The Hall–Kier alpha value is -5.13. The molecule has 4 heterocycles. The number of rotatable bonds is 11. The summed E-state index contributed by atoms with van der Waals surface area (Å²) < 4.78 is 13.4. The Morgan fingerprint density at radius 1 is 0.830 bits per heavy atom. The topological polar surface area (TPSA) is 103 Å². The van der Waals surface area contributed by atoms with Crippen LogP contribution in [-0.4, -0.2) is 86.4 Å². The molecule has 11 nitrogen and oxygen atoms in total. The number of para-hydroxylation sites is 1. The van der Waals surface area contributed by atoms with E-state index < -0.39 is 0 Å². The van der Waals surface area contributed by atoms with Crippen molar-refractivity contribution in [2.24, 2.45) is 0 Å². The summed E-state index contributed by atoms with van der Waals surface area (Å²) in [5, 5.41) is 15.2. The van der Waals surface area contributed by atoms with Gasteiger partial charge in [-0.2, -0.15) is 4.80 Å². The molecular formula is C36H38N8O3. The third-order valence-corrected chi connectivity index (χ3v) is 8.71. The van der Waals surface area contributed by atoms with Crippen LogP contribution >= 0.6 is 0 Å². The van der Waals surface area contributed by atoms with Crippen LogP contribution in [0.15, 0.2) is 89.7 Å². The fourth-order valence-electron chi connectivity index (χ4n) is 6.06. The maximum absolute atomic E-state index is 13.9. The van der Waals surface area contributed by atoms with Crippen LogP contribution in [0.1, 0.15) is 17.7 Å². The molecule has 0 N–H and O–H groups in total. The average Bonchev–Trinajstić information content (AvgIpc) is 3.56. The van der Waals surface area contributed by atoms with Crippen LogP contribution in [-0.2, 0) is 19.7 Å². The predicted octanol–water partition coefficient (Wildman–Crippen LogP) is 4.48. The highest BCUT2D eigenvalue weighted by Gasteiger charge is 2.18. The molecule has 0 amide bonds. The molecule has 47 heavy (non-hydrogen) atoms. The van der Waals surface area contributed by atoms with Gasteiger partial charge < -0.3 is 23.8 Å². The molecule has 0 saturated carbocycles. The Bertz CT molecular complexity index is 2070. The first-order valence-electron chi connectivity index (χ1n) is 16.0. The summed E-state index contributed by atoms with van der Waals surface area (Å²) in [6.07, 6.45) is 0.865. The lowest BCUT2D eigenvalue weighted by atomic mass is 10.1. The number of aryl methyl sites for hydroxylation is 1. The lowest BCUT2D eigenvalue weighted by Gasteiger charge is -2.32. The highest BCUT2D eigenvalue weighted by atomic mass is 16.5. The van der Waals surface area contributed by atoms with Crippen LogP contribution in [0.25, 0.3) is 33.2 Å². The van der Waals surface area contributed by atoms with Crippen LogP contribution in [0, 0.1) is 0 Å². The minimum absolute atomic E-state index is 0.127. The molecule has 1 aliphatic heterocycles. The zero-order chi connectivity index (χ0) is 32.2. The molecule has 0 atom stereocenters. The Kier molecular flexibility index (Phi) is 8.89. The summed E-state index contributed by atoms with van der Waals surface area (Å²) in [6, 6.07) is 27.5. The summed E-state index contributed by atoms with van der Waals surface area (Å²) in [6.45, 7) is 6.50. The quantitative estimate of drug-likeness (QED) is 0.205. The first-order chi connectivity index (χ1) is 23.0. The number of ether oxygens (including phenoxy) is 2. The van der Waals surface area contributed by atoms with Gasteiger partial charge in [0.05, 0.1) is 35.9 Å². The third kappa shape index (κ3) is 7.01. The number of fused-ring (bicyclic) bond motifs is 2. The molecule has 0 aliphatic carbocycles. The van der Waals surface area contributed by atoms with Gasteiger partial charge in [0.25, 0.3) is 5.56 Å². The molecule has 6 aromatic rings. The van der Waals surface area contributed by atoms with E-state index in [0.29, 0.717) is 31.1 Å². The van der Waals surface area contributed by atoms with Crippen LogP contribution in [0.5, 0.6) is 11.5 Å². The van der Waals surface area contributed by atoms with Crippen molar-refractivity contribution in [3.05, 3.63) is 107 Å². The van der Waals surface area contributed by atoms with Crippen molar-refractivity contribution in [1.82, 2.24) is 39.6 Å². The van der Waals surface area contributed by atoms with Gasteiger partial charge in [0.15, 0.2) is 0 Å². The molecule has 0 unspecified atom stereocenters. The molecule has 7 rings (SSSR count). The normalized spacial score (nSPS) is 14.2. The van der Waals surface area contributed by atoms with Crippen LogP contribution in [0.4, 0.5) is 0 Å². The highest BCUT2D eigenvalue weighted by molar-refractivity contribution is 5.84. The second-order valence-electron chi connectivity index (χ2n) is 12.0. The Labute approximate surface area is 273 Å². The van der Waals surface area contributed by atoms with E-state index in [1.54, 1.807) is 7.11 Å². The molecule has 1 aliphatic rings. The number of likely N-dealkylation sites (N-methyl/N-ethyl adjacent to an activating group) is 1. The number of nitrogens with zero attached hydrogens (tertiary/aromatic N) is 8. The van der Waals surface area contributed by atoms with Crippen molar-refractivity contribution in [2.75, 3.05) is 46.9 Å². The van der Waals surface area contributed by atoms with E-state index in [2.05, 4.69) is 38.3 Å². The van der Waals surface area contributed by atoms with Gasteiger partial charge in [0, 0.05) is 43.5 Å². The van der Waals surface area contributed by atoms with Crippen LogP contribution in [0.2, 0.25) is 0 Å². The lowest BCUT2D eigenvalue weighted by Crippen LogP contribution is -2.44. The van der Waals surface area contributed by atoms with E-state index in [0.717, 1.165) is 83.7 Å². The van der Waals surface area contributed by atoms with E-state index >= 15 is 0 Å². The molecule has 0 radical (unpaired) electrons. The number of methoxy groups -OCH3 is 1. The average molecular weight is 631 g/mol. The van der Waals surface area contributed by atoms with Gasteiger partial charge in [0.2, 0.25) is 5.82 Å². The maximum atomic E-state index is 13.9. The number of pyridine rings is 2. The SMILES string of the molecule is COc1ccc2c(c1)cc(-c1nnn(Cc3cccc(OCc4ccc5ccccc5n4)c3)n1)c(=O)n2CCCN1CCN(C)CC1. The van der Waals surface area contributed by atoms with Crippen molar-refractivity contribution in [3.8, 4) is 22.9 Å². The molecule has 3 aromatic carbocycles.